The Balaban J connectivity index is 1.34. The fourth-order valence-electron chi connectivity index (χ4n) is 6.91. The zero-order chi connectivity index (χ0) is 39.1. The second kappa shape index (κ2) is 17.6. The number of sulfone groups is 1. The Morgan fingerprint density at radius 2 is 1.64 bits per heavy atom. The lowest BCUT2D eigenvalue weighted by Crippen LogP contribution is -2.55. The van der Waals surface area contributed by atoms with E-state index in [9.17, 15) is 32.4 Å². The van der Waals surface area contributed by atoms with Gasteiger partial charge in [0.1, 0.15) is 15.9 Å². The Hall–Kier alpha value is -4.46. The first kappa shape index (κ1) is 41.3. The summed E-state index contributed by atoms with van der Waals surface area (Å²) in [7, 11) is -2.21. The van der Waals surface area contributed by atoms with Gasteiger partial charge in [-0.15, -0.1) is 0 Å². The Kier molecular flexibility index (Phi) is 13.7. The number of amides is 5. The molecular weight excluding hydrogens is 701 g/mol. The molecule has 14 heteroatoms. The first-order chi connectivity index (χ1) is 25.0. The van der Waals surface area contributed by atoms with Crippen molar-refractivity contribution in [3.63, 3.8) is 0 Å². The molecule has 4 rings (SSSR count). The molecule has 2 aliphatic rings. The van der Waals surface area contributed by atoms with E-state index in [2.05, 4.69) is 10.6 Å². The summed E-state index contributed by atoms with van der Waals surface area (Å²) >= 11 is 0. The minimum atomic E-state index is -3.68. The normalized spacial score (nSPS) is 17.0. The van der Waals surface area contributed by atoms with Crippen LogP contribution in [0.15, 0.2) is 36.4 Å². The Morgan fingerprint density at radius 3 is 2.23 bits per heavy atom. The van der Waals surface area contributed by atoms with Gasteiger partial charge in [0, 0.05) is 31.7 Å². The average Bonchev–Trinajstić information content (AvgIpc) is 3.63. The van der Waals surface area contributed by atoms with Crippen LogP contribution in [0.5, 0.6) is 11.5 Å². The van der Waals surface area contributed by atoms with Crippen LogP contribution in [0.25, 0.3) is 0 Å². The summed E-state index contributed by atoms with van der Waals surface area (Å²) in [6.07, 6.45) is 5.92. The van der Waals surface area contributed by atoms with Gasteiger partial charge in [0.25, 0.3) is 11.8 Å². The van der Waals surface area contributed by atoms with E-state index in [0.29, 0.717) is 55.9 Å². The molecule has 13 nitrogen and oxygen atoms in total. The maximum atomic E-state index is 13.9. The lowest BCUT2D eigenvalue weighted by atomic mass is 9.85. The number of anilines is 1. The number of hydrogen-bond donors (Lipinski definition) is 2. The van der Waals surface area contributed by atoms with E-state index < -0.39 is 44.9 Å². The lowest BCUT2D eigenvalue weighted by Gasteiger charge is -2.35. The molecule has 2 aromatic rings. The third-order valence-corrected chi connectivity index (χ3v) is 10.6. The summed E-state index contributed by atoms with van der Waals surface area (Å²) in [5, 5.41) is 5.74. The quantitative estimate of drug-likeness (QED) is 0.161. The summed E-state index contributed by atoms with van der Waals surface area (Å²) < 4.78 is 36.1. The predicted molar refractivity (Wildman–Crippen MR) is 202 cm³/mol. The monoisotopic (exact) mass is 754 g/mol. The zero-order valence-corrected chi connectivity index (χ0v) is 32.8. The summed E-state index contributed by atoms with van der Waals surface area (Å²) in [5.41, 5.74) is 0.170. The van der Waals surface area contributed by atoms with E-state index in [-0.39, 0.29) is 53.4 Å². The van der Waals surface area contributed by atoms with Gasteiger partial charge < -0.3 is 25.0 Å². The molecule has 1 fully saturated rings. The fourth-order valence-corrected chi connectivity index (χ4v) is 7.83. The number of nitrogens with one attached hydrogen (secondary N) is 2. The molecule has 0 aromatic heterocycles. The van der Waals surface area contributed by atoms with Crippen molar-refractivity contribution in [2.24, 2.45) is 5.41 Å². The van der Waals surface area contributed by atoms with Gasteiger partial charge in [-0.2, -0.15) is 0 Å². The summed E-state index contributed by atoms with van der Waals surface area (Å²) in [5.74, 6) is -1.71. The molecule has 3 atom stereocenters. The van der Waals surface area contributed by atoms with Crippen LogP contribution in [0.4, 0.5) is 5.69 Å². The van der Waals surface area contributed by atoms with E-state index in [1.807, 2.05) is 32.6 Å². The van der Waals surface area contributed by atoms with Crippen LogP contribution in [0.3, 0.4) is 0 Å². The number of nitrogens with zero attached hydrogens (tertiary/aromatic N) is 2. The predicted octanol–water partition coefficient (Wildman–Crippen LogP) is 5.30. The van der Waals surface area contributed by atoms with Gasteiger partial charge in [0.15, 0.2) is 11.5 Å². The van der Waals surface area contributed by atoms with E-state index in [1.165, 1.54) is 19.2 Å². The van der Waals surface area contributed by atoms with Crippen molar-refractivity contribution in [3.05, 3.63) is 53.1 Å². The molecule has 0 spiro atoms. The van der Waals surface area contributed by atoms with Crippen LogP contribution < -0.4 is 20.1 Å². The number of carbonyl (C=O) groups is 5. The van der Waals surface area contributed by atoms with Crippen LogP contribution in [0, 0.1) is 5.41 Å². The minimum Gasteiger partial charge on any atom is -0.493 e. The van der Waals surface area contributed by atoms with Crippen molar-refractivity contribution >= 4 is 45.1 Å². The number of likely N-dealkylation sites (tertiary alicyclic amines) is 1. The first-order valence-electron chi connectivity index (χ1n) is 18.4. The highest BCUT2D eigenvalue weighted by molar-refractivity contribution is 7.90. The van der Waals surface area contributed by atoms with Crippen molar-refractivity contribution < 1.29 is 41.9 Å². The van der Waals surface area contributed by atoms with Gasteiger partial charge in [-0.05, 0) is 74.8 Å². The van der Waals surface area contributed by atoms with Crippen molar-refractivity contribution in [1.82, 2.24) is 15.1 Å². The molecule has 2 N–H and O–H groups in total. The Labute approximate surface area is 313 Å². The van der Waals surface area contributed by atoms with Crippen molar-refractivity contribution in [1.29, 1.82) is 0 Å². The van der Waals surface area contributed by atoms with E-state index in [4.69, 9.17) is 9.47 Å². The Morgan fingerprint density at radius 1 is 0.962 bits per heavy atom. The molecule has 2 aromatic carbocycles. The number of hydrogen-bond acceptors (Lipinski definition) is 9. The van der Waals surface area contributed by atoms with Crippen molar-refractivity contribution in [2.75, 3.05) is 37.6 Å². The minimum absolute atomic E-state index is 0.000128. The molecular formula is C39H54N4O9S. The second-order valence-electron chi connectivity index (χ2n) is 15.0. The van der Waals surface area contributed by atoms with Crippen LogP contribution in [0.2, 0.25) is 0 Å². The lowest BCUT2D eigenvalue weighted by molar-refractivity contribution is -0.140. The maximum absolute atomic E-state index is 13.9. The molecule has 0 radical (unpaired) electrons. The SMILES string of the molecule is CCOc1cc(C(CS(C)(=O)=O)N2C(=O)c3cccc(NC(=O)CCCCCCC(=O)NC(C(=O)N4CCCC4C)C(C)(C)C)c3C2=O)ccc1OC. The molecule has 2 aliphatic heterocycles. The highest BCUT2D eigenvalue weighted by atomic mass is 32.2. The third kappa shape index (κ3) is 10.4. The van der Waals surface area contributed by atoms with Gasteiger partial charge in [-0.25, -0.2) is 8.42 Å². The number of imide groups is 1. The van der Waals surface area contributed by atoms with E-state index in [1.54, 1.807) is 31.2 Å². The van der Waals surface area contributed by atoms with Gasteiger partial charge in [0.05, 0.1) is 42.3 Å². The molecule has 0 saturated carbocycles. The molecule has 0 bridgehead atoms. The Bertz CT molecular complexity index is 1800. The summed E-state index contributed by atoms with van der Waals surface area (Å²) in [4.78, 5) is 69.5. The number of carbonyl (C=O) groups excluding carboxylic acids is 5. The number of ether oxygens (including phenoxy) is 2. The first-order valence-corrected chi connectivity index (χ1v) is 20.4. The fraction of sp³-hybridized carbons (Fsp3) is 0.564. The maximum Gasteiger partial charge on any atom is 0.264 e. The molecule has 3 unspecified atom stereocenters. The van der Waals surface area contributed by atoms with Gasteiger partial charge in [-0.3, -0.25) is 28.9 Å². The molecule has 2 heterocycles. The molecule has 53 heavy (non-hydrogen) atoms. The second-order valence-corrected chi connectivity index (χ2v) is 17.2. The molecule has 0 aliphatic carbocycles. The van der Waals surface area contributed by atoms with Crippen molar-refractivity contribution in [3.8, 4) is 11.5 Å². The largest absolute Gasteiger partial charge is 0.493 e. The van der Waals surface area contributed by atoms with E-state index in [0.717, 1.165) is 24.0 Å². The highest BCUT2D eigenvalue weighted by Crippen LogP contribution is 2.38. The highest BCUT2D eigenvalue weighted by Gasteiger charge is 2.44. The van der Waals surface area contributed by atoms with Gasteiger partial charge in [0.2, 0.25) is 17.7 Å². The molecule has 5 amide bonds. The van der Waals surface area contributed by atoms with E-state index >= 15 is 0 Å². The standard InChI is InChI=1S/C39H54N4O9S/c1-8-52-31-23-26(20-21-30(31)51-6)29(24-53(7,49)50)43-36(46)27-16-13-17-28(34(27)37(43)47)40-32(44)18-11-9-10-12-19-33(45)41-35(39(3,4)5)38(48)42-22-14-15-25(42)2/h13,16-17,20-21,23,25,29,35H,8-12,14-15,18-19,22,24H2,1-7H3,(H,40,44)(H,41,45). The summed E-state index contributed by atoms with van der Waals surface area (Å²) in [6.45, 7) is 10.7. The smallest absolute Gasteiger partial charge is 0.264 e. The number of rotatable bonds is 17. The topological polar surface area (TPSA) is 168 Å². The number of fused-ring (bicyclic) bond motifs is 1. The molecule has 290 valence electrons. The number of methoxy groups -OCH3 is 1. The van der Waals surface area contributed by atoms with Gasteiger partial charge >= 0.3 is 0 Å². The third-order valence-electron chi connectivity index (χ3n) is 9.68. The number of unbranched alkanes of at least 4 members (excludes halogenated alkanes) is 3. The summed E-state index contributed by atoms with van der Waals surface area (Å²) in [6, 6.07) is 7.73. The molecule has 1 saturated heterocycles. The zero-order valence-electron chi connectivity index (χ0n) is 32.0. The average molecular weight is 755 g/mol. The van der Waals surface area contributed by atoms with Crippen molar-refractivity contribution in [2.45, 2.75) is 104 Å². The van der Waals surface area contributed by atoms with Gasteiger partial charge in [-0.1, -0.05) is 45.7 Å². The van der Waals surface area contributed by atoms with Crippen LogP contribution in [-0.4, -0.2) is 92.1 Å². The number of benzene rings is 2. The van der Waals surface area contributed by atoms with Crippen LogP contribution in [0.1, 0.15) is 118 Å². The van der Waals surface area contributed by atoms with Crippen LogP contribution in [-0.2, 0) is 24.2 Å². The van der Waals surface area contributed by atoms with Crippen LogP contribution >= 0.6 is 0 Å².